The van der Waals surface area contributed by atoms with E-state index in [9.17, 15) is 17.6 Å². The molecule has 2 rings (SSSR count). The molecule has 158 valence electrons. The van der Waals surface area contributed by atoms with Crippen LogP contribution in [-0.2, 0) is 21.2 Å². The Kier molecular flexibility index (Phi) is 7.75. The number of ether oxygens (including phenoxy) is 1. The number of sulfonamides is 1. The van der Waals surface area contributed by atoms with Crippen LogP contribution in [0.4, 0.5) is 10.1 Å². The largest absolute Gasteiger partial charge is 0.489 e. The molecule has 0 aliphatic heterocycles. The summed E-state index contributed by atoms with van der Waals surface area (Å²) in [6.07, 6.45) is -0.137. The van der Waals surface area contributed by atoms with Crippen molar-refractivity contribution in [3.05, 3.63) is 53.8 Å². The van der Waals surface area contributed by atoms with Gasteiger partial charge >= 0.3 is 0 Å². The Morgan fingerprint density at radius 2 is 1.72 bits per heavy atom. The number of carbonyl (C=O) groups excluding carboxylic acids is 1. The standard InChI is InChI=1S/C21H27FN2O4S/c1-5-24(6-2)29(26,27)18-11-12-20(28-15(3)4)19(14-18)23-21(25)13-16-7-9-17(22)10-8-16/h7-12,14-15H,5-6,13H2,1-4H3,(H,23,25). The molecule has 0 unspecified atom stereocenters. The van der Waals surface area contributed by atoms with Crippen molar-refractivity contribution in [3.8, 4) is 5.75 Å². The van der Waals surface area contributed by atoms with E-state index in [1.165, 1.54) is 40.7 Å². The summed E-state index contributed by atoms with van der Waals surface area (Å²) < 4.78 is 45.8. The molecule has 6 nitrogen and oxygen atoms in total. The highest BCUT2D eigenvalue weighted by Gasteiger charge is 2.23. The van der Waals surface area contributed by atoms with Crippen molar-refractivity contribution in [3.63, 3.8) is 0 Å². The molecule has 0 aromatic heterocycles. The molecule has 0 heterocycles. The first-order valence-electron chi connectivity index (χ1n) is 9.52. The number of amides is 1. The summed E-state index contributed by atoms with van der Waals surface area (Å²) >= 11 is 0. The van der Waals surface area contributed by atoms with E-state index in [1.807, 2.05) is 13.8 Å². The third kappa shape index (κ3) is 6.01. The molecule has 0 aliphatic carbocycles. The van der Waals surface area contributed by atoms with Gasteiger partial charge in [0.15, 0.2) is 0 Å². The molecule has 0 fully saturated rings. The third-order valence-corrected chi connectivity index (χ3v) is 6.25. The highest BCUT2D eigenvalue weighted by molar-refractivity contribution is 7.89. The summed E-state index contributed by atoms with van der Waals surface area (Å²) in [7, 11) is -3.68. The van der Waals surface area contributed by atoms with Crippen molar-refractivity contribution in [2.75, 3.05) is 18.4 Å². The van der Waals surface area contributed by atoms with Crippen molar-refractivity contribution in [2.24, 2.45) is 0 Å². The highest BCUT2D eigenvalue weighted by Crippen LogP contribution is 2.30. The second-order valence-electron chi connectivity index (χ2n) is 6.77. The van der Waals surface area contributed by atoms with Crippen LogP contribution in [0.25, 0.3) is 0 Å². The van der Waals surface area contributed by atoms with Gasteiger partial charge in [-0.15, -0.1) is 0 Å². The van der Waals surface area contributed by atoms with E-state index in [2.05, 4.69) is 5.32 Å². The Bertz CT molecular complexity index is 940. The van der Waals surface area contributed by atoms with Gasteiger partial charge in [0, 0.05) is 13.1 Å². The maximum absolute atomic E-state index is 13.0. The van der Waals surface area contributed by atoms with Crippen LogP contribution in [-0.4, -0.2) is 37.8 Å². The number of benzene rings is 2. The van der Waals surface area contributed by atoms with Crippen molar-refractivity contribution < 1.29 is 22.3 Å². The Hall–Kier alpha value is -2.45. The van der Waals surface area contributed by atoms with E-state index in [4.69, 9.17) is 4.74 Å². The van der Waals surface area contributed by atoms with Gasteiger partial charge in [-0.1, -0.05) is 26.0 Å². The first-order chi connectivity index (χ1) is 13.7. The summed E-state index contributed by atoms with van der Waals surface area (Å²) in [5.74, 6) is -0.357. The maximum atomic E-state index is 13.0. The lowest BCUT2D eigenvalue weighted by molar-refractivity contribution is -0.115. The van der Waals surface area contributed by atoms with Crippen LogP contribution in [0, 0.1) is 5.82 Å². The van der Waals surface area contributed by atoms with Crippen molar-refractivity contribution >= 4 is 21.6 Å². The van der Waals surface area contributed by atoms with Gasteiger partial charge in [0.2, 0.25) is 15.9 Å². The van der Waals surface area contributed by atoms with Gasteiger partial charge in [-0.25, -0.2) is 12.8 Å². The maximum Gasteiger partial charge on any atom is 0.243 e. The lowest BCUT2D eigenvalue weighted by Gasteiger charge is -2.20. The zero-order valence-corrected chi connectivity index (χ0v) is 17.9. The Balaban J connectivity index is 2.33. The van der Waals surface area contributed by atoms with E-state index in [1.54, 1.807) is 19.9 Å². The van der Waals surface area contributed by atoms with Crippen LogP contribution < -0.4 is 10.1 Å². The smallest absolute Gasteiger partial charge is 0.243 e. The highest BCUT2D eigenvalue weighted by atomic mass is 32.2. The summed E-state index contributed by atoms with van der Waals surface area (Å²) in [4.78, 5) is 12.6. The second kappa shape index (κ2) is 9.84. The van der Waals surface area contributed by atoms with E-state index in [0.29, 0.717) is 24.4 Å². The van der Waals surface area contributed by atoms with Gasteiger partial charge < -0.3 is 10.1 Å². The Morgan fingerprint density at radius 3 is 2.28 bits per heavy atom. The van der Waals surface area contributed by atoms with Gasteiger partial charge in [0.05, 0.1) is 23.1 Å². The van der Waals surface area contributed by atoms with Gasteiger partial charge in [0.25, 0.3) is 0 Å². The van der Waals surface area contributed by atoms with Gasteiger partial charge in [0.1, 0.15) is 11.6 Å². The minimum Gasteiger partial charge on any atom is -0.489 e. The fourth-order valence-electron chi connectivity index (χ4n) is 2.82. The van der Waals surface area contributed by atoms with Gasteiger partial charge in [-0.3, -0.25) is 4.79 Å². The average Bonchev–Trinajstić information content (AvgIpc) is 2.65. The number of halogens is 1. The molecule has 29 heavy (non-hydrogen) atoms. The molecule has 0 saturated heterocycles. The Labute approximate surface area is 171 Å². The fraction of sp³-hybridized carbons (Fsp3) is 0.381. The third-order valence-electron chi connectivity index (χ3n) is 4.21. The fourth-order valence-corrected chi connectivity index (χ4v) is 4.30. The summed E-state index contributed by atoms with van der Waals surface area (Å²) in [6, 6.07) is 10.1. The number of hydrogen-bond donors (Lipinski definition) is 1. The molecule has 0 aliphatic rings. The van der Waals surface area contributed by atoms with E-state index in [0.717, 1.165) is 0 Å². The van der Waals surface area contributed by atoms with Crippen LogP contribution in [0.2, 0.25) is 0 Å². The second-order valence-corrected chi connectivity index (χ2v) is 8.70. The molecule has 8 heteroatoms. The number of carbonyl (C=O) groups is 1. The number of nitrogens with zero attached hydrogens (tertiary/aromatic N) is 1. The van der Waals surface area contributed by atoms with Crippen molar-refractivity contribution in [2.45, 2.75) is 45.1 Å². The van der Waals surface area contributed by atoms with E-state index < -0.39 is 10.0 Å². The van der Waals surface area contributed by atoms with E-state index >= 15 is 0 Å². The molecular formula is C21H27FN2O4S. The molecule has 2 aromatic carbocycles. The van der Waals surface area contributed by atoms with Gasteiger partial charge in [-0.2, -0.15) is 4.31 Å². The van der Waals surface area contributed by atoms with Gasteiger partial charge in [-0.05, 0) is 49.7 Å². The lowest BCUT2D eigenvalue weighted by Crippen LogP contribution is -2.30. The van der Waals surface area contributed by atoms with Crippen LogP contribution in [0.5, 0.6) is 5.75 Å². The first kappa shape index (κ1) is 22.8. The van der Waals surface area contributed by atoms with Crippen molar-refractivity contribution in [1.29, 1.82) is 0 Å². The van der Waals surface area contributed by atoms with Crippen LogP contribution >= 0.6 is 0 Å². The first-order valence-corrected chi connectivity index (χ1v) is 11.0. The number of hydrogen-bond acceptors (Lipinski definition) is 4. The number of nitrogens with one attached hydrogen (secondary N) is 1. The SMILES string of the molecule is CCN(CC)S(=O)(=O)c1ccc(OC(C)C)c(NC(=O)Cc2ccc(F)cc2)c1. The zero-order valence-electron chi connectivity index (χ0n) is 17.1. The molecule has 0 bridgehead atoms. The molecule has 0 saturated carbocycles. The minimum absolute atomic E-state index is 0.0222. The number of rotatable bonds is 9. The quantitative estimate of drug-likeness (QED) is 0.667. The zero-order chi connectivity index (χ0) is 21.6. The summed E-state index contributed by atoms with van der Waals surface area (Å²) in [5.41, 5.74) is 0.918. The topological polar surface area (TPSA) is 75.7 Å². The predicted octanol–water partition coefficient (Wildman–Crippen LogP) is 3.82. The molecule has 0 radical (unpaired) electrons. The molecule has 1 N–H and O–H groups in total. The monoisotopic (exact) mass is 422 g/mol. The molecule has 0 spiro atoms. The summed E-state index contributed by atoms with van der Waals surface area (Å²) in [5, 5.41) is 2.73. The molecule has 2 aromatic rings. The normalized spacial score (nSPS) is 11.7. The summed E-state index contributed by atoms with van der Waals surface area (Å²) in [6.45, 7) is 7.89. The molecule has 1 amide bonds. The van der Waals surface area contributed by atoms with Crippen LogP contribution in [0.3, 0.4) is 0 Å². The number of anilines is 1. The van der Waals surface area contributed by atoms with Crippen molar-refractivity contribution in [1.82, 2.24) is 4.31 Å². The van der Waals surface area contributed by atoms with E-state index in [-0.39, 0.29) is 34.8 Å². The minimum atomic E-state index is -3.68. The van der Waals surface area contributed by atoms with Crippen LogP contribution in [0.15, 0.2) is 47.4 Å². The molecule has 0 atom stereocenters. The lowest BCUT2D eigenvalue weighted by atomic mass is 10.1. The Morgan fingerprint density at radius 1 is 1.10 bits per heavy atom. The molecular weight excluding hydrogens is 395 g/mol. The average molecular weight is 423 g/mol. The predicted molar refractivity (Wildman–Crippen MR) is 111 cm³/mol. The van der Waals surface area contributed by atoms with Crippen LogP contribution in [0.1, 0.15) is 33.3 Å².